The molecule has 4 heteroatoms. The van der Waals surface area contributed by atoms with Gasteiger partial charge in [-0.3, -0.25) is 9.20 Å². The normalized spacial score (nSPS) is 11.0. The molecule has 0 aliphatic heterocycles. The average molecular weight is 321 g/mol. The van der Waals surface area contributed by atoms with Crippen LogP contribution < -0.4 is 5.32 Å². The smallest absolute Gasteiger partial charge is 0.274 e. The Bertz CT molecular complexity index is 909. The third-order valence-electron chi connectivity index (χ3n) is 4.38. The highest BCUT2D eigenvalue weighted by molar-refractivity contribution is 6.05. The van der Waals surface area contributed by atoms with E-state index >= 15 is 0 Å². The molecule has 0 fully saturated rings. The Balaban J connectivity index is 2.06. The summed E-state index contributed by atoms with van der Waals surface area (Å²) >= 11 is 0. The van der Waals surface area contributed by atoms with Crippen LogP contribution in [0.3, 0.4) is 0 Å². The van der Waals surface area contributed by atoms with Gasteiger partial charge in [0.05, 0.1) is 5.69 Å². The van der Waals surface area contributed by atoms with Gasteiger partial charge in [0.1, 0.15) is 11.3 Å². The van der Waals surface area contributed by atoms with Gasteiger partial charge in [-0.25, -0.2) is 4.98 Å². The van der Waals surface area contributed by atoms with Crippen molar-refractivity contribution >= 4 is 17.2 Å². The van der Waals surface area contributed by atoms with Crippen LogP contribution in [0, 0.1) is 13.8 Å². The van der Waals surface area contributed by atoms with E-state index in [1.54, 1.807) is 0 Å². The summed E-state index contributed by atoms with van der Waals surface area (Å²) in [5.74, 6) is -0.104. The third kappa shape index (κ3) is 2.80. The van der Waals surface area contributed by atoms with Crippen LogP contribution in [0.4, 0.5) is 5.69 Å². The topological polar surface area (TPSA) is 46.4 Å². The monoisotopic (exact) mass is 321 g/mol. The van der Waals surface area contributed by atoms with E-state index in [2.05, 4.69) is 23.3 Å². The van der Waals surface area contributed by atoms with E-state index in [1.165, 1.54) is 0 Å². The number of carbonyl (C=O) groups is 1. The Hall–Kier alpha value is -2.62. The van der Waals surface area contributed by atoms with Crippen LogP contribution in [0.2, 0.25) is 0 Å². The number of imidazole rings is 1. The van der Waals surface area contributed by atoms with E-state index in [0.717, 1.165) is 46.6 Å². The minimum atomic E-state index is -0.104. The predicted molar refractivity (Wildman–Crippen MR) is 97.8 cm³/mol. The number of carbonyl (C=O) groups excluding carboxylic acids is 1. The molecule has 0 bridgehead atoms. The first kappa shape index (κ1) is 16.2. The van der Waals surface area contributed by atoms with Crippen molar-refractivity contribution in [1.29, 1.82) is 0 Å². The molecule has 0 saturated carbocycles. The fraction of sp³-hybridized carbons (Fsp3) is 0.300. The van der Waals surface area contributed by atoms with E-state index in [9.17, 15) is 4.79 Å². The molecular weight excluding hydrogens is 298 g/mol. The number of hydrogen-bond donors (Lipinski definition) is 1. The number of rotatable bonds is 4. The van der Waals surface area contributed by atoms with Crippen molar-refractivity contribution in [2.75, 3.05) is 5.32 Å². The van der Waals surface area contributed by atoms with Gasteiger partial charge in [-0.1, -0.05) is 32.0 Å². The molecule has 1 N–H and O–H groups in total. The molecular formula is C20H23N3O. The van der Waals surface area contributed by atoms with Crippen molar-refractivity contribution in [3.8, 4) is 0 Å². The largest absolute Gasteiger partial charge is 0.320 e. The van der Waals surface area contributed by atoms with E-state index in [0.29, 0.717) is 5.69 Å². The number of pyridine rings is 1. The van der Waals surface area contributed by atoms with E-state index in [4.69, 9.17) is 0 Å². The first-order valence-corrected chi connectivity index (χ1v) is 8.42. The maximum absolute atomic E-state index is 13.0. The number of aryl methyl sites for hydroxylation is 4. The maximum Gasteiger partial charge on any atom is 0.274 e. The van der Waals surface area contributed by atoms with Gasteiger partial charge in [0.2, 0.25) is 0 Å². The summed E-state index contributed by atoms with van der Waals surface area (Å²) in [6, 6.07) is 10.1. The SMILES string of the molecule is CCc1cccc(C)c1NC(=O)c1c(CC)nc2cc(C)ccn12. The number of nitrogens with zero attached hydrogens (tertiary/aromatic N) is 2. The summed E-state index contributed by atoms with van der Waals surface area (Å²) in [6.07, 6.45) is 3.52. The van der Waals surface area contributed by atoms with Crippen LogP contribution in [0.25, 0.3) is 5.65 Å². The molecule has 0 unspecified atom stereocenters. The summed E-state index contributed by atoms with van der Waals surface area (Å²) in [4.78, 5) is 17.6. The quantitative estimate of drug-likeness (QED) is 0.777. The zero-order valence-corrected chi connectivity index (χ0v) is 14.7. The molecule has 2 aromatic heterocycles. The second-order valence-corrected chi connectivity index (χ2v) is 6.11. The van der Waals surface area contributed by atoms with Crippen LogP contribution in [-0.2, 0) is 12.8 Å². The zero-order chi connectivity index (χ0) is 17.3. The summed E-state index contributed by atoms with van der Waals surface area (Å²) in [5.41, 5.74) is 6.53. The highest BCUT2D eigenvalue weighted by Gasteiger charge is 2.19. The molecule has 1 amide bonds. The number of hydrogen-bond acceptors (Lipinski definition) is 2. The molecule has 0 aliphatic carbocycles. The lowest BCUT2D eigenvalue weighted by atomic mass is 10.1. The third-order valence-corrected chi connectivity index (χ3v) is 4.38. The molecule has 3 aromatic rings. The fourth-order valence-corrected chi connectivity index (χ4v) is 3.06. The van der Waals surface area contributed by atoms with Gasteiger partial charge >= 0.3 is 0 Å². The number of nitrogens with one attached hydrogen (secondary N) is 1. The Morgan fingerprint density at radius 1 is 1.17 bits per heavy atom. The number of benzene rings is 1. The van der Waals surface area contributed by atoms with Gasteiger partial charge in [-0.05, 0) is 55.5 Å². The molecule has 3 rings (SSSR count). The van der Waals surface area contributed by atoms with Crippen molar-refractivity contribution in [3.05, 3.63) is 64.6 Å². The molecule has 0 saturated heterocycles. The Morgan fingerprint density at radius 2 is 1.96 bits per heavy atom. The van der Waals surface area contributed by atoms with Crippen molar-refractivity contribution in [2.24, 2.45) is 0 Å². The maximum atomic E-state index is 13.0. The minimum absolute atomic E-state index is 0.104. The predicted octanol–water partition coefficient (Wildman–Crippen LogP) is 4.33. The molecule has 0 spiro atoms. The van der Waals surface area contributed by atoms with Crippen molar-refractivity contribution in [3.63, 3.8) is 0 Å². The van der Waals surface area contributed by atoms with Crippen LogP contribution in [-0.4, -0.2) is 15.3 Å². The Kier molecular flexibility index (Phi) is 4.38. The second kappa shape index (κ2) is 6.48. The summed E-state index contributed by atoms with van der Waals surface area (Å²) in [7, 11) is 0. The summed E-state index contributed by atoms with van der Waals surface area (Å²) in [6.45, 7) is 8.17. The lowest BCUT2D eigenvalue weighted by Gasteiger charge is -2.13. The molecule has 1 aromatic carbocycles. The Labute approximate surface area is 142 Å². The number of anilines is 1. The van der Waals surface area contributed by atoms with Gasteiger partial charge in [-0.2, -0.15) is 0 Å². The van der Waals surface area contributed by atoms with Gasteiger partial charge in [0, 0.05) is 11.9 Å². The number of fused-ring (bicyclic) bond motifs is 1. The zero-order valence-electron chi connectivity index (χ0n) is 14.7. The van der Waals surface area contributed by atoms with Gasteiger partial charge in [0.25, 0.3) is 5.91 Å². The lowest BCUT2D eigenvalue weighted by Crippen LogP contribution is -2.18. The van der Waals surface area contributed by atoms with Crippen molar-refractivity contribution < 1.29 is 4.79 Å². The minimum Gasteiger partial charge on any atom is -0.320 e. The average Bonchev–Trinajstić information content (AvgIpc) is 2.94. The number of aromatic nitrogens is 2. The molecule has 0 aliphatic rings. The highest BCUT2D eigenvalue weighted by atomic mass is 16.2. The molecule has 24 heavy (non-hydrogen) atoms. The number of amides is 1. The van der Waals surface area contributed by atoms with Crippen LogP contribution in [0.5, 0.6) is 0 Å². The molecule has 124 valence electrons. The van der Waals surface area contributed by atoms with E-state index < -0.39 is 0 Å². The molecule has 2 heterocycles. The molecule has 0 radical (unpaired) electrons. The van der Waals surface area contributed by atoms with E-state index in [-0.39, 0.29) is 5.91 Å². The number of para-hydroxylation sites is 1. The standard InChI is InChI=1S/C20H23N3O/c1-5-15-9-7-8-14(4)18(15)22-20(24)19-16(6-2)21-17-12-13(3)10-11-23(17)19/h7-12H,5-6H2,1-4H3,(H,22,24). The Morgan fingerprint density at radius 3 is 2.67 bits per heavy atom. The van der Waals surface area contributed by atoms with Crippen LogP contribution in [0.1, 0.15) is 46.7 Å². The fourth-order valence-electron chi connectivity index (χ4n) is 3.06. The summed E-state index contributed by atoms with van der Waals surface area (Å²) in [5, 5.41) is 3.11. The van der Waals surface area contributed by atoms with Crippen LogP contribution >= 0.6 is 0 Å². The highest BCUT2D eigenvalue weighted by Crippen LogP contribution is 2.23. The van der Waals surface area contributed by atoms with Gasteiger partial charge in [-0.15, -0.1) is 0 Å². The second-order valence-electron chi connectivity index (χ2n) is 6.11. The van der Waals surface area contributed by atoms with Gasteiger partial charge < -0.3 is 5.32 Å². The molecule has 0 atom stereocenters. The van der Waals surface area contributed by atoms with Crippen LogP contribution in [0.15, 0.2) is 36.5 Å². The lowest BCUT2D eigenvalue weighted by molar-refractivity contribution is 0.102. The molecule has 4 nitrogen and oxygen atoms in total. The van der Waals surface area contributed by atoms with Gasteiger partial charge in [0.15, 0.2) is 0 Å². The van der Waals surface area contributed by atoms with E-state index in [1.807, 2.05) is 55.6 Å². The first-order chi connectivity index (χ1) is 11.5. The first-order valence-electron chi connectivity index (χ1n) is 8.42. The van der Waals surface area contributed by atoms with Crippen molar-refractivity contribution in [1.82, 2.24) is 9.38 Å². The summed E-state index contributed by atoms with van der Waals surface area (Å²) < 4.78 is 1.88. The van der Waals surface area contributed by atoms with Crippen molar-refractivity contribution in [2.45, 2.75) is 40.5 Å².